The third-order valence-electron chi connectivity index (χ3n) is 5.39. The molecule has 1 spiro atoms. The van der Waals surface area contributed by atoms with Gasteiger partial charge in [-0.2, -0.15) is 0 Å². The number of carbonyl (C=O) groups is 3. The molecule has 8 heteroatoms. The smallest absolute Gasteiger partial charge is 0.327 e. The van der Waals surface area contributed by atoms with Gasteiger partial charge in [0.1, 0.15) is 24.4 Å². The predicted octanol–water partition coefficient (Wildman–Crippen LogP) is 3.10. The lowest BCUT2D eigenvalue weighted by molar-refractivity contribution is -0.149. The largest absolute Gasteiger partial charge is 0.496 e. The van der Waals surface area contributed by atoms with Gasteiger partial charge in [0.2, 0.25) is 0 Å². The lowest BCUT2D eigenvalue weighted by Crippen LogP contribution is -2.49. The van der Waals surface area contributed by atoms with E-state index in [9.17, 15) is 14.4 Å². The minimum absolute atomic E-state index is 0.0542. The molecule has 0 aromatic heterocycles. The third kappa shape index (κ3) is 3.67. The first kappa shape index (κ1) is 19.7. The molecule has 2 aliphatic rings. The van der Waals surface area contributed by atoms with Crippen LogP contribution >= 0.6 is 15.9 Å². The Morgan fingerprint density at radius 1 is 1.22 bits per heavy atom. The van der Waals surface area contributed by atoms with Crippen LogP contribution in [0.4, 0.5) is 4.79 Å². The van der Waals surface area contributed by atoms with Gasteiger partial charge in [-0.05, 0) is 46.5 Å². The molecule has 1 aromatic rings. The zero-order chi connectivity index (χ0) is 19.6. The van der Waals surface area contributed by atoms with E-state index in [1.54, 1.807) is 32.4 Å². The molecule has 2 fully saturated rings. The monoisotopic (exact) mass is 438 g/mol. The van der Waals surface area contributed by atoms with Gasteiger partial charge in [-0.25, -0.2) is 4.79 Å². The normalized spacial score (nSPS) is 18.9. The maximum absolute atomic E-state index is 12.9. The highest BCUT2D eigenvalue weighted by Gasteiger charge is 2.55. The number of ether oxygens (including phenoxy) is 2. The molecule has 1 saturated carbocycles. The van der Waals surface area contributed by atoms with Crippen LogP contribution in [0, 0.1) is 0 Å². The number of hydrogen-bond donors (Lipinski definition) is 0. The minimum Gasteiger partial charge on any atom is -0.496 e. The fraction of sp³-hybridized carbons (Fsp3) is 0.526. The average molecular weight is 439 g/mol. The number of urea groups is 1. The first-order valence-corrected chi connectivity index (χ1v) is 9.76. The predicted molar refractivity (Wildman–Crippen MR) is 101 cm³/mol. The molecule has 0 unspecified atom stereocenters. The summed E-state index contributed by atoms with van der Waals surface area (Å²) in [5, 5.41) is 0. The molecule has 0 N–H and O–H groups in total. The minimum atomic E-state index is -0.781. The number of rotatable bonds is 5. The Bertz CT molecular complexity index is 760. The first-order chi connectivity index (χ1) is 12.9. The Morgan fingerprint density at radius 3 is 2.56 bits per heavy atom. The van der Waals surface area contributed by atoms with Gasteiger partial charge >= 0.3 is 12.0 Å². The molecule has 1 aliphatic heterocycles. The molecule has 146 valence electrons. The standard InChI is InChI=1S/C19H23BrN2O5/c1-21-18(25)22(17(24)19(21)8-4-3-5-9-19)11-16(23)27-12-13-6-7-15(26-2)14(20)10-13/h6-7,10H,3-5,8-9,11-12H2,1-2H3. The lowest BCUT2D eigenvalue weighted by atomic mass is 9.81. The summed E-state index contributed by atoms with van der Waals surface area (Å²) in [7, 11) is 3.21. The molecule has 1 heterocycles. The highest BCUT2D eigenvalue weighted by atomic mass is 79.9. The second-order valence-corrected chi connectivity index (χ2v) is 7.81. The van der Waals surface area contributed by atoms with Gasteiger partial charge in [0, 0.05) is 7.05 Å². The van der Waals surface area contributed by atoms with E-state index < -0.39 is 17.5 Å². The van der Waals surface area contributed by atoms with Crippen LogP contribution in [0.25, 0.3) is 0 Å². The summed E-state index contributed by atoms with van der Waals surface area (Å²) in [6.45, 7) is -0.306. The summed E-state index contributed by atoms with van der Waals surface area (Å²) in [5.74, 6) is -0.206. The van der Waals surface area contributed by atoms with Crippen molar-refractivity contribution in [2.75, 3.05) is 20.7 Å². The molecule has 1 aromatic carbocycles. The number of nitrogens with zero attached hydrogens (tertiary/aromatic N) is 2. The number of likely N-dealkylation sites (N-methyl/N-ethyl adjacent to an activating group) is 1. The molecule has 0 bridgehead atoms. The van der Waals surface area contributed by atoms with E-state index in [0.717, 1.165) is 34.2 Å². The van der Waals surface area contributed by atoms with Gasteiger partial charge in [0.15, 0.2) is 0 Å². The van der Waals surface area contributed by atoms with Crippen molar-refractivity contribution in [1.29, 1.82) is 0 Å². The summed E-state index contributed by atoms with van der Waals surface area (Å²) < 4.78 is 11.2. The van der Waals surface area contributed by atoms with E-state index in [1.807, 2.05) is 0 Å². The van der Waals surface area contributed by atoms with Crippen LogP contribution in [-0.4, -0.2) is 53.9 Å². The summed E-state index contributed by atoms with van der Waals surface area (Å²) >= 11 is 3.38. The average Bonchev–Trinajstić information content (AvgIpc) is 2.83. The third-order valence-corrected chi connectivity index (χ3v) is 6.01. The number of halogens is 1. The fourth-order valence-corrected chi connectivity index (χ4v) is 4.40. The number of esters is 1. The number of amides is 3. The summed E-state index contributed by atoms with van der Waals surface area (Å²) in [6, 6.07) is 4.92. The molecular formula is C19H23BrN2O5. The SMILES string of the molecule is COc1ccc(COC(=O)CN2C(=O)N(C)C3(CCCCC3)C2=O)cc1Br. The van der Waals surface area contributed by atoms with E-state index in [2.05, 4.69) is 15.9 Å². The molecule has 1 aliphatic carbocycles. The van der Waals surface area contributed by atoms with Crippen molar-refractivity contribution >= 4 is 33.8 Å². The van der Waals surface area contributed by atoms with Crippen molar-refractivity contribution < 1.29 is 23.9 Å². The second-order valence-electron chi connectivity index (χ2n) is 6.95. The van der Waals surface area contributed by atoms with Crippen LogP contribution in [-0.2, 0) is 20.9 Å². The number of carbonyl (C=O) groups excluding carboxylic acids is 3. The molecular weight excluding hydrogens is 416 g/mol. The number of hydrogen-bond acceptors (Lipinski definition) is 5. The maximum atomic E-state index is 12.9. The van der Waals surface area contributed by atoms with Crippen molar-refractivity contribution in [1.82, 2.24) is 9.80 Å². The highest BCUT2D eigenvalue weighted by Crippen LogP contribution is 2.39. The van der Waals surface area contributed by atoms with Crippen LogP contribution in [0.3, 0.4) is 0 Å². The van der Waals surface area contributed by atoms with E-state index in [1.165, 1.54) is 4.90 Å². The highest BCUT2D eigenvalue weighted by molar-refractivity contribution is 9.10. The molecule has 3 rings (SSSR count). The maximum Gasteiger partial charge on any atom is 0.327 e. The Morgan fingerprint density at radius 2 is 1.93 bits per heavy atom. The Balaban J connectivity index is 1.61. The molecule has 0 radical (unpaired) electrons. The van der Waals surface area contributed by atoms with Crippen molar-refractivity contribution in [3.05, 3.63) is 28.2 Å². The molecule has 27 heavy (non-hydrogen) atoms. The van der Waals surface area contributed by atoms with Gasteiger partial charge in [-0.15, -0.1) is 0 Å². The van der Waals surface area contributed by atoms with Gasteiger partial charge in [0.25, 0.3) is 5.91 Å². The van der Waals surface area contributed by atoms with Gasteiger partial charge in [-0.1, -0.05) is 25.3 Å². The summed E-state index contributed by atoms with van der Waals surface area (Å²) in [5.41, 5.74) is -0.00724. The molecule has 0 atom stereocenters. The van der Waals surface area contributed by atoms with E-state index in [0.29, 0.717) is 18.6 Å². The van der Waals surface area contributed by atoms with E-state index >= 15 is 0 Å². The van der Waals surface area contributed by atoms with Gasteiger partial charge in [-0.3, -0.25) is 14.5 Å². The van der Waals surface area contributed by atoms with Gasteiger partial charge < -0.3 is 14.4 Å². The van der Waals surface area contributed by atoms with Gasteiger partial charge in [0.05, 0.1) is 11.6 Å². The molecule has 3 amide bonds. The van der Waals surface area contributed by atoms with Crippen molar-refractivity contribution in [2.45, 2.75) is 44.2 Å². The van der Waals surface area contributed by atoms with E-state index in [4.69, 9.17) is 9.47 Å². The number of imide groups is 1. The second kappa shape index (κ2) is 7.88. The summed E-state index contributed by atoms with van der Waals surface area (Å²) in [4.78, 5) is 40.1. The van der Waals surface area contributed by atoms with Crippen LogP contribution < -0.4 is 4.74 Å². The van der Waals surface area contributed by atoms with Crippen LogP contribution in [0.5, 0.6) is 5.75 Å². The van der Waals surface area contributed by atoms with Crippen LogP contribution in [0.1, 0.15) is 37.7 Å². The number of methoxy groups -OCH3 is 1. The van der Waals surface area contributed by atoms with Crippen molar-refractivity contribution in [3.63, 3.8) is 0 Å². The van der Waals surface area contributed by atoms with Crippen molar-refractivity contribution in [3.8, 4) is 5.75 Å². The number of benzene rings is 1. The Labute approximate surface area is 166 Å². The quantitative estimate of drug-likeness (QED) is 0.521. The zero-order valence-corrected chi connectivity index (χ0v) is 17.1. The fourth-order valence-electron chi connectivity index (χ4n) is 3.81. The molecule has 7 nitrogen and oxygen atoms in total. The molecule has 1 saturated heterocycles. The van der Waals surface area contributed by atoms with Crippen LogP contribution in [0.2, 0.25) is 0 Å². The lowest BCUT2D eigenvalue weighted by Gasteiger charge is -2.35. The Hall–Kier alpha value is -2.09. The topological polar surface area (TPSA) is 76.2 Å². The van der Waals surface area contributed by atoms with Crippen LogP contribution in [0.15, 0.2) is 22.7 Å². The Kier molecular flexibility index (Phi) is 5.74. The summed E-state index contributed by atoms with van der Waals surface area (Å²) in [6.07, 6.45) is 4.19. The van der Waals surface area contributed by atoms with Crippen molar-refractivity contribution in [2.24, 2.45) is 0 Å². The first-order valence-electron chi connectivity index (χ1n) is 8.97. The zero-order valence-electron chi connectivity index (χ0n) is 15.5. The van der Waals surface area contributed by atoms with E-state index in [-0.39, 0.29) is 19.1 Å².